The van der Waals surface area contributed by atoms with Gasteiger partial charge in [0.2, 0.25) is 0 Å². The summed E-state index contributed by atoms with van der Waals surface area (Å²) < 4.78 is 0. The van der Waals surface area contributed by atoms with Crippen molar-refractivity contribution in [1.29, 1.82) is 0 Å². The van der Waals surface area contributed by atoms with Gasteiger partial charge < -0.3 is 5.32 Å². The summed E-state index contributed by atoms with van der Waals surface area (Å²) in [5.41, 5.74) is 2.34. The van der Waals surface area contributed by atoms with Crippen LogP contribution in [0.5, 0.6) is 0 Å². The number of aromatic nitrogens is 1. The molecule has 1 heterocycles. The van der Waals surface area contributed by atoms with Gasteiger partial charge in [0.15, 0.2) is 0 Å². The third-order valence-corrected chi connectivity index (χ3v) is 3.29. The lowest BCUT2D eigenvalue weighted by atomic mass is 10.2. The van der Waals surface area contributed by atoms with E-state index in [9.17, 15) is 0 Å². The number of halogens is 1. The van der Waals surface area contributed by atoms with E-state index in [1.807, 2.05) is 31.2 Å². The lowest BCUT2D eigenvalue weighted by Gasteiger charge is -2.02. The monoisotopic (exact) mass is 252 g/mol. The van der Waals surface area contributed by atoms with Crippen molar-refractivity contribution in [2.75, 3.05) is 0 Å². The number of thiazole rings is 1. The fourth-order valence-corrected chi connectivity index (χ4v) is 2.17. The summed E-state index contributed by atoms with van der Waals surface area (Å²) in [7, 11) is 0. The van der Waals surface area contributed by atoms with Crippen LogP contribution in [-0.4, -0.2) is 4.98 Å². The third-order valence-electron chi connectivity index (χ3n) is 2.22. The lowest BCUT2D eigenvalue weighted by molar-refractivity contribution is 0.682. The van der Waals surface area contributed by atoms with Gasteiger partial charge in [-0.3, -0.25) is 0 Å². The Balaban J connectivity index is 1.82. The van der Waals surface area contributed by atoms with Crippen molar-refractivity contribution in [1.82, 2.24) is 10.3 Å². The maximum atomic E-state index is 5.82. The molecule has 4 heteroatoms. The Kier molecular flexibility index (Phi) is 3.93. The van der Waals surface area contributed by atoms with Gasteiger partial charge in [-0.15, -0.1) is 11.3 Å². The van der Waals surface area contributed by atoms with Crippen LogP contribution >= 0.6 is 22.9 Å². The maximum Gasteiger partial charge on any atom is 0.0897 e. The van der Waals surface area contributed by atoms with Gasteiger partial charge in [0.1, 0.15) is 0 Å². The molecule has 1 aromatic carbocycles. The lowest BCUT2D eigenvalue weighted by Crippen LogP contribution is -2.12. The maximum absolute atomic E-state index is 5.82. The van der Waals surface area contributed by atoms with E-state index < -0.39 is 0 Å². The molecular formula is C12H13ClN2S. The van der Waals surface area contributed by atoms with Gasteiger partial charge in [-0.1, -0.05) is 23.7 Å². The van der Waals surface area contributed by atoms with Crippen LogP contribution in [0.3, 0.4) is 0 Å². The van der Waals surface area contributed by atoms with Crippen LogP contribution in [0, 0.1) is 6.92 Å². The third kappa shape index (κ3) is 3.30. The Labute approximate surface area is 104 Å². The Hall–Kier alpha value is -0.900. The Morgan fingerprint density at radius 1 is 1.25 bits per heavy atom. The Bertz CT molecular complexity index is 450. The van der Waals surface area contributed by atoms with E-state index in [4.69, 9.17) is 11.6 Å². The Morgan fingerprint density at radius 3 is 2.62 bits per heavy atom. The molecule has 84 valence electrons. The van der Waals surface area contributed by atoms with Crippen molar-refractivity contribution in [2.45, 2.75) is 20.0 Å². The summed E-state index contributed by atoms with van der Waals surface area (Å²) >= 11 is 7.50. The smallest absolute Gasteiger partial charge is 0.0897 e. The molecule has 0 aliphatic heterocycles. The molecule has 1 aromatic heterocycles. The van der Waals surface area contributed by atoms with Crippen LogP contribution in [0.15, 0.2) is 29.6 Å². The van der Waals surface area contributed by atoms with Crippen LogP contribution in [0.4, 0.5) is 0 Å². The summed E-state index contributed by atoms with van der Waals surface area (Å²) in [4.78, 5) is 4.39. The van der Waals surface area contributed by atoms with E-state index in [-0.39, 0.29) is 0 Å². The topological polar surface area (TPSA) is 24.9 Å². The van der Waals surface area contributed by atoms with Crippen LogP contribution in [-0.2, 0) is 13.1 Å². The quantitative estimate of drug-likeness (QED) is 0.902. The summed E-state index contributed by atoms with van der Waals surface area (Å²) in [5, 5.41) is 7.33. The molecule has 0 radical (unpaired) electrons. The highest BCUT2D eigenvalue weighted by Gasteiger charge is 1.98. The second-order valence-electron chi connectivity index (χ2n) is 3.59. The minimum atomic E-state index is 0.777. The fraction of sp³-hybridized carbons (Fsp3) is 0.250. The molecule has 0 unspecified atom stereocenters. The number of hydrogen-bond donors (Lipinski definition) is 1. The van der Waals surface area contributed by atoms with Crippen molar-refractivity contribution in [2.24, 2.45) is 0 Å². The predicted molar refractivity (Wildman–Crippen MR) is 68.8 cm³/mol. The summed E-state index contributed by atoms with van der Waals surface area (Å²) in [6.07, 6.45) is 0. The molecule has 0 aliphatic rings. The highest BCUT2D eigenvalue weighted by molar-refractivity contribution is 7.09. The SMILES string of the molecule is Cc1nc(CNCc2ccc(Cl)cc2)cs1. The standard InChI is InChI=1S/C12H13ClN2S/c1-9-15-12(8-16-9)7-14-6-10-2-4-11(13)5-3-10/h2-5,8,14H,6-7H2,1H3. The molecule has 0 bridgehead atoms. The first-order chi connectivity index (χ1) is 7.74. The van der Waals surface area contributed by atoms with E-state index in [2.05, 4.69) is 15.7 Å². The van der Waals surface area contributed by atoms with Gasteiger partial charge >= 0.3 is 0 Å². The number of aryl methyl sites for hydroxylation is 1. The first kappa shape index (κ1) is 11.6. The molecule has 16 heavy (non-hydrogen) atoms. The number of hydrogen-bond acceptors (Lipinski definition) is 3. The molecule has 0 amide bonds. The number of nitrogens with zero attached hydrogens (tertiary/aromatic N) is 1. The average molecular weight is 253 g/mol. The largest absolute Gasteiger partial charge is 0.307 e. The van der Waals surface area contributed by atoms with Gasteiger partial charge in [0.05, 0.1) is 10.7 Å². The molecule has 0 saturated carbocycles. The van der Waals surface area contributed by atoms with E-state index in [0.29, 0.717) is 0 Å². The molecule has 0 aliphatic carbocycles. The van der Waals surface area contributed by atoms with E-state index in [1.54, 1.807) is 11.3 Å². The summed E-state index contributed by atoms with van der Waals surface area (Å²) in [5.74, 6) is 0. The highest BCUT2D eigenvalue weighted by Crippen LogP contribution is 2.10. The summed E-state index contributed by atoms with van der Waals surface area (Å²) in [6.45, 7) is 3.67. The molecule has 1 N–H and O–H groups in total. The zero-order valence-corrected chi connectivity index (χ0v) is 10.6. The molecular weight excluding hydrogens is 240 g/mol. The van der Waals surface area contributed by atoms with Crippen LogP contribution in [0.1, 0.15) is 16.3 Å². The molecule has 0 spiro atoms. The second-order valence-corrected chi connectivity index (χ2v) is 5.09. The van der Waals surface area contributed by atoms with Gasteiger partial charge in [0.25, 0.3) is 0 Å². The van der Waals surface area contributed by atoms with Crippen molar-refractivity contribution < 1.29 is 0 Å². The molecule has 0 saturated heterocycles. The van der Waals surface area contributed by atoms with Gasteiger partial charge in [0, 0.05) is 23.5 Å². The van der Waals surface area contributed by atoms with E-state index in [1.165, 1.54) is 5.56 Å². The Morgan fingerprint density at radius 2 is 2.00 bits per heavy atom. The minimum Gasteiger partial charge on any atom is -0.307 e. The fourth-order valence-electron chi connectivity index (χ4n) is 1.43. The van der Waals surface area contributed by atoms with Crippen molar-refractivity contribution in [3.05, 3.63) is 50.9 Å². The second kappa shape index (κ2) is 5.43. The molecule has 2 nitrogen and oxygen atoms in total. The number of benzene rings is 1. The van der Waals surface area contributed by atoms with E-state index in [0.717, 1.165) is 28.8 Å². The van der Waals surface area contributed by atoms with Crippen molar-refractivity contribution in [3.8, 4) is 0 Å². The molecule has 0 fully saturated rings. The minimum absolute atomic E-state index is 0.777. The first-order valence-corrected chi connectivity index (χ1v) is 6.36. The van der Waals surface area contributed by atoms with Crippen LogP contribution < -0.4 is 5.32 Å². The van der Waals surface area contributed by atoms with Gasteiger partial charge in [-0.25, -0.2) is 4.98 Å². The number of nitrogens with one attached hydrogen (secondary N) is 1. The molecule has 0 atom stereocenters. The average Bonchev–Trinajstić information content (AvgIpc) is 2.67. The summed E-state index contributed by atoms with van der Waals surface area (Å²) in [6, 6.07) is 7.88. The zero-order chi connectivity index (χ0) is 11.4. The number of rotatable bonds is 4. The zero-order valence-electron chi connectivity index (χ0n) is 9.03. The predicted octanol–water partition coefficient (Wildman–Crippen LogP) is 3.39. The normalized spacial score (nSPS) is 10.6. The van der Waals surface area contributed by atoms with Crippen LogP contribution in [0.2, 0.25) is 5.02 Å². The van der Waals surface area contributed by atoms with Crippen molar-refractivity contribution >= 4 is 22.9 Å². The highest BCUT2D eigenvalue weighted by atomic mass is 35.5. The van der Waals surface area contributed by atoms with Crippen LogP contribution in [0.25, 0.3) is 0 Å². The molecule has 2 aromatic rings. The van der Waals surface area contributed by atoms with Crippen molar-refractivity contribution in [3.63, 3.8) is 0 Å². The first-order valence-electron chi connectivity index (χ1n) is 5.10. The van der Waals surface area contributed by atoms with Gasteiger partial charge in [-0.2, -0.15) is 0 Å². The molecule has 2 rings (SSSR count). The van der Waals surface area contributed by atoms with Gasteiger partial charge in [-0.05, 0) is 24.6 Å². The van der Waals surface area contributed by atoms with E-state index >= 15 is 0 Å².